The van der Waals surface area contributed by atoms with E-state index >= 15 is 0 Å². The molecular formula is C15H24N2O2S. The van der Waals surface area contributed by atoms with E-state index in [1.165, 1.54) is 0 Å². The first-order valence-electron chi connectivity index (χ1n) is 6.90. The lowest BCUT2D eigenvalue weighted by molar-refractivity contribution is -0.121. The highest BCUT2D eigenvalue weighted by atomic mass is 32.2. The zero-order valence-corrected chi connectivity index (χ0v) is 13.0. The van der Waals surface area contributed by atoms with Crippen LogP contribution in [0.25, 0.3) is 0 Å². The molecule has 1 atom stereocenters. The normalized spacial score (nSPS) is 11.9. The maximum Gasteiger partial charge on any atom is 0.220 e. The van der Waals surface area contributed by atoms with Gasteiger partial charge in [0.15, 0.2) is 0 Å². The minimum Gasteiger partial charge on any atom is -0.496 e. The third-order valence-electron chi connectivity index (χ3n) is 2.85. The number of carbonyl (C=O) groups excluding carboxylic acids is 1. The first kappa shape index (κ1) is 16.9. The Morgan fingerprint density at radius 3 is 2.90 bits per heavy atom. The van der Waals surface area contributed by atoms with Gasteiger partial charge in [0, 0.05) is 23.6 Å². The van der Waals surface area contributed by atoms with E-state index in [2.05, 4.69) is 18.3 Å². The van der Waals surface area contributed by atoms with Crippen molar-refractivity contribution in [2.75, 3.05) is 26.0 Å². The molecule has 3 N–H and O–H groups in total. The topological polar surface area (TPSA) is 64.3 Å². The monoisotopic (exact) mass is 296 g/mol. The lowest BCUT2D eigenvalue weighted by Gasteiger charge is -2.13. The first-order chi connectivity index (χ1) is 9.67. The molecule has 20 heavy (non-hydrogen) atoms. The summed E-state index contributed by atoms with van der Waals surface area (Å²) in [5.74, 6) is 2.34. The van der Waals surface area contributed by atoms with Gasteiger partial charge in [0.2, 0.25) is 5.91 Å². The number of nitrogens with one attached hydrogen (secondary N) is 1. The van der Waals surface area contributed by atoms with Crippen molar-refractivity contribution >= 4 is 17.7 Å². The molecule has 5 heteroatoms. The fourth-order valence-corrected chi connectivity index (χ4v) is 2.72. The molecule has 0 fully saturated rings. The summed E-state index contributed by atoms with van der Waals surface area (Å²) in [4.78, 5) is 12.6. The van der Waals surface area contributed by atoms with Crippen LogP contribution in [-0.2, 0) is 4.79 Å². The van der Waals surface area contributed by atoms with E-state index < -0.39 is 0 Å². The Morgan fingerprint density at radius 2 is 2.20 bits per heavy atom. The van der Waals surface area contributed by atoms with E-state index in [0.717, 1.165) is 22.8 Å². The Morgan fingerprint density at radius 1 is 1.45 bits per heavy atom. The quantitative estimate of drug-likeness (QED) is 0.686. The van der Waals surface area contributed by atoms with Crippen LogP contribution in [0.3, 0.4) is 0 Å². The molecule has 0 spiro atoms. The van der Waals surface area contributed by atoms with E-state index in [4.69, 9.17) is 10.5 Å². The SMILES string of the molecule is COc1ccccc1SCC(C)CNC(=O)CCCN. The van der Waals surface area contributed by atoms with Crippen LogP contribution in [0.15, 0.2) is 29.2 Å². The number of benzene rings is 1. The van der Waals surface area contributed by atoms with Gasteiger partial charge in [-0.2, -0.15) is 0 Å². The first-order valence-corrected chi connectivity index (χ1v) is 7.88. The van der Waals surface area contributed by atoms with E-state index in [-0.39, 0.29) is 5.91 Å². The second-order valence-electron chi connectivity index (χ2n) is 4.76. The molecule has 112 valence electrons. The van der Waals surface area contributed by atoms with Crippen LogP contribution >= 0.6 is 11.8 Å². The van der Waals surface area contributed by atoms with Crippen LogP contribution < -0.4 is 15.8 Å². The van der Waals surface area contributed by atoms with Gasteiger partial charge in [-0.15, -0.1) is 11.8 Å². The molecule has 0 radical (unpaired) electrons. The van der Waals surface area contributed by atoms with Crippen LogP contribution in [-0.4, -0.2) is 31.9 Å². The Kier molecular flexibility index (Phi) is 8.14. The van der Waals surface area contributed by atoms with Crippen LogP contribution in [0.2, 0.25) is 0 Å². The number of ether oxygens (including phenoxy) is 1. The molecule has 0 aliphatic carbocycles. The van der Waals surface area contributed by atoms with Gasteiger partial charge in [-0.3, -0.25) is 4.79 Å². The van der Waals surface area contributed by atoms with Crippen molar-refractivity contribution in [2.24, 2.45) is 11.7 Å². The van der Waals surface area contributed by atoms with Crippen molar-refractivity contribution in [3.05, 3.63) is 24.3 Å². The second-order valence-corrected chi connectivity index (χ2v) is 5.83. The molecule has 0 saturated carbocycles. The van der Waals surface area contributed by atoms with Crippen molar-refractivity contribution in [1.82, 2.24) is 5.32 Å². The fourth-order valence-electron chi connectivity index (χ4n) is 1.67. The summed E-state index contributed by atoms with van der Waals surface area (Å²) in [7, 11) is 1.68. The highest BCUT2D eigenvalue weighted by Crippen LogP contribution is 2.29. The molecule has 4 nitrogen and oxygen atoms in total. The largest absolute Gasteiger partial charge is 0.496 e. The highest BCUT2D eigenvalue weighted by molar-refractivity contribution is 7.99. The van der Waals surface area contributed by atoms with Crippen LogP contribution in [0.5, 0.6) is 5.75 Å². The third kappa shape index (κ3) is 6.30. The predicted octanol–water partition coefficient (Wildman–Crippen LogP) is 2.28. The molecule has 0 aliphatic rings. The van der Waals surface area contributed by atoms with E-state index in [0.29, 0.717) is 25.4 Å². The number of nitrogens with two attached hydrogens (primary N) is 1. The Balaban J connectivity index is 2.29. The molecule has 0 aliphatic heterocycles. The van der Waals surface area contributed by atoms with E-state index in [9.17, 15) is 4.79 Å². The number of para-hydroxylation sites is 1. The summed E-state index contributed by atoms with van der Waals surface area (Å²) in [5, 5.41) is 2.94. The molecule has 1 amide bonds. The van der Waals surface area contributed by atoms with Crippen LogP contribution in [0.1, 0.15) is 19.8 Å². The minimum absolute atomic E-state index is 0.0876. The third-order valence-corrected chi connectivity index (χ3v) is 4.23. The summed E-state index contributed by atoms with van der Waals surface area (Å²) < 4.78 is 5.32. The number of hydrogen-bond acceptors (Lipinski definition) is 4. The molecule has 1 rings (SSSR count). The number of hydrogen-bond donors (Lipinski definition) is 2. The Labute approximate surface area is 125 Å². The predicted molar refractivity (Wildman–Crippen MR) is 84.2 cm³/mol. The average molecular weight is 296 g/mol. The van der Waals surface area contributed by atoms with Gasteiger partial charge in [0.05, 0.1) is 7.11 Å². The summed E-state index contributed by atoms with van der Waals surface area (Å²) in [6, 6.07) is 7.98. The van der Waals surface area contributed by atoms with Crippen molar-refractivity contribution in [1.29, 1.82) is 0 Å². The maximum absolute atomic E-state index is 11.5. The summed E-state index contributed by atoms with van der Waals surface area (Å²) >= 11 is 1.75. The summed E-state index contributed by atoms with van der Waals surface area (Å²) in [6.45, 7) is 3.39. The molecule has 1 aromatic rings. The van der Waals surface area contributed by atoms with Gasteiger partial charge in [-0.05, 0) is 31.0 Å². The minimum atomic E-state index is 0.0876. The van der Waals surface area contributed by atoms with Crippen LogP contribution in [0, 0.1) is 5.92 Å². The van der Waals surface area contributed by atoms with Gasteiger partial charge >= 0.3 is 0 Å². The highest BCUT2D eigenvalue weighted by Gasteiger charge is 2.08. The summed E-state index contributed by atoms with van der Waals surface area (Å²) in [6.07, 6.45) is 1.26. The zero-order valence-electron chi connectivity index (χ0n) is 12.2. The van der Waals surface area contributed by atoms with Gasteiger partial charge in [-0.1, -0.05) is 19.1 Å². The molecule has 0 aromatic heterocycles. The molecule has 1 unspecified atom stereocenters. The number of amides is 1. The Bertz CT molecular complexity index is 413. The van der Waals surface area contributed by atoms with Crippen molar-refractivity contribution in [2.45, 2.75) is 24.7 Å². The van der Waals surface area contributed by atoms with E-state index in [1.54, 1.807) is 18.9 Å². The molecule has 0 heterocycles. The number of thioether (sulfide) groups is 1. The average Bonchev–Trinajstić information content (AvgIpc) is 2.48. The molecule has 0 saturated heterocycles. The van der Waals surface area contributed by atoms with Crippen molar-refractivity contribution in [3.8, 4) is 5.75 Å². The van der Waals surface area contributed by atoms with Crippen molar-refractivity contribution < 1.29 is 9.53 Å². The molecular weight excluding hydrogens is 272 g/mol. The van der Waals surface area contributed by atoms with Crippen molar-refractivity contribution in [3.63, 3.8) is 0 Å². The van der Waals surface area contributed by atoms with Gasteiger partial charge in [-0.25, -0.2) is 0 Å². The Hall–Kier alpha value is -1.20. The van der Waals surface area contributed by atoms with Gasteiger partial charge in [0.25, 0.3) is 0 Å². The summed E-state index contributed by atoms with van der Waals surface area (Å²) in [5.41, 5.74) is 5.38. The van der Waals surface area contributed by atoms with E-state index in [1.807, 2.05) is 18.2 Å². The molecule has 0 bridgehead atoms. The smallest absolute Gasteiger partial charge is 0.220 e. The lowest BCUT2D eigenvalue weighted by Crippen LogP contribution is -2.29. The fraction of sp³-hybridized carbons (Fsp3) is 0.533. The zero-order chi connectivity index (χ0) is 14.8. The second kappa shape index (κ2) is 9.66. The lowest BCUT2D eigenvalue weighted by atomic mass is 10.2. The van der Waals surface area contributed by atoms with Gasteiger partial charge < -0.3 is 15.8 Å². The standard InChI is InChI=1S/C15H24N2O2S/c1-12(10-17-15(18)8-5-9-16)11-20-14-7-4-3-6-13(14)19-2/h3-4,6-7,12H,5,8-11,16H2,1-2H3,(H,17,18). The van der Waals surface area contributed by atoms with Gasteiger partial charge in [0.1, 0.15) is 5.75 Å². The number of rotatable bonds is 9. The number of methoxy groups -OCH3 is 1. The van der Waals surface area contributed by atoms with Crippen LogP contribution in [0.4, 0.5) is 0 Å². The maximum atomic E-state index is 11.5. The number of carbonyl (C=O) groups is 1. The molecule has 1 aromatic carbocycles.